The first kappa shape index (κ1) is 17.7. The molecule has 1 aliphatic rings. The summed E-state index contributed by atoms with van der Waals surface area (Å²) < 4.78 is 38.0. The molecule has 1 aromatic heterocycles. The second kappa shape index (κ2) is 6.84. The summed E-state index contributed by atoms with van der Waals surface area (Å²) in [5, 5.41) is 7.69. The number of β-lactam (4-membered cyclic amide) rings is 1. The molecule has 1 N–H and O–H groups in total. The van der Waals surface area contributed by atoms with Crippen LogP contribution < -0.4 is 0 Å². The zero-order valence-corrected chi connectivity index (χ0v) is 14.1. The summed E-state index contributed by atoms with van der Waals surface area (Å²) in [7, 11) is -3.43. The van der Waals surface area contributed by atoms with Crippen LogP contribution in [0.4, 0.5) is 0 Å². The molecular formula is C11H16N4O6S2. The van der Waals surface area contributed by atoms with Crippen molar-refractivity contribution in [2.75, 3.05) is 18.6 Å². The molecular weight excluding hydrogens is 348 g/mol. The lowest BCUT2D eigenvalue weighted by atomic mass is 10.0. The van der Waals surface area contributed by atoms with Crippen molar-refractivity contribution in [3.63, 3.8) is 0 Å². The van der Waals surface area contributed by atoms with Crippen molar-refractivity contribution in [3.8, 4) is 0 Å². The Labute approximate surface area is 137 Å². The number of carbonyl (C=O) groups excluding carboxylic acids is 2. The Kier molecular flexibility index (Phi) is 5.26. The molecule has 2 rings (SSSR count). The predicted molar refractivity (Wildman–Crippen MR) is 80.0 cm³/mol. The highest BCUT2D eigenvalue weighted by molar-refractivity contribution is 8.00. The van der Waals surface area contributed by atoms with Gasteiger partial charge in [0.1, 0.15) is 0 Å². The number of carbonyl (C=O) groups is 2. The van der Waals surface area contributed by atoms with Crippen LogP contribution in [0, 0.1) is 0 Å². The summed E-state index contributed by atoms with van der Waals surface area (Å²) in [4.78, 5) is 23.2. The Hall–Kier alpha value is -1.66. The fourth-order valence-electron chi connectivity index (χ4n) is 2.17. The molecule has 0 saturated carbocycles. The van der Waals surface area contributed by atoms with E-state index in [-0.39, 0.29) is 11.5 Å². The fraction of sp³-hybridized carbons (Fsp3) is 0.636. The number of aromatic nitrogens is 3. The molecule has 23 heavy (non-hydrogen) atoms. The minimum absolute atomic E-state index is 0.00476. The number of hydrogen-bond acceptors (Lipinski definition) is 8. The van der Waals surface area contributed by atoms with Gasteiger partial charge in [0.15, 0.2) is 6.04 Å². The Morgan fingerprint density at radius 1 is 1.52 bits per heavy atom. The lowest BCUT2D eigenvalue weighted by molar-refractivity contribution is -0.144. The first-order chi connectivity index (χ1) is 10.8. The van der Waals surface area contributed by atoms with Gasteiger partial charge in [-0.1, -0.05) is 12.1 Å². The van der Waals surface area contributed by atoms with Crippen LogP contribution >= 0.6 is 11.8 Å². The van der Waals surface area contributed by atoms with Gasteiger partial charge < -0.3 is 4.74 Å². The van der Waals surface area contributed by atoms with Gasteiger partial charge in [-0.15, -0.1) is 16.9 Å². The third kappa shape index (κ3) is 3.64. The molecule has 1 fully saturated rings. The van der Waals surface area contributed by atoms with Gasteiger partial charge in [-0.3, -0.25) is 14.1 Å². The number of methoxy groups -OCH3 is 1. The largest absolute Gasteiger partial charge is 0.468 e. The maximum absolute atomic E-state index is 12.1. The van der Waals surface area contributed by atoms with Gasteiger partial charge in [0.25, 0.3) is 5.91 Å². The molecule has 0 aliphatic carbocycles. The van der Waals surface area contributed by atoms with E-state index in [0.717, 1.165) is 11.8 Å². The van der Waals surface area contributed by atoms with Gasteiger partial charge in [-0.2, -0.15) is 8.42 Å². The lowest BCUT2D eigenvalue weighted by Crippen LogP contribution is -2.64. The molecule has 0 unspecified atom stereocenters. The van der Waals surface area contributed by atoms with Crippen LogP contribution in [-0.4, -0.2) is 68.8 Å². The van der Waals surface area contributed by atoms with Crippen molar-refractivity contribution in [2.24, 2.45) is 0 Å². The Balaban J connectivity index is 2.16. The van der Waals surface area contributed by atoms with Crippen LogP contribution in [0.2, 0.25) is 0 Å². The number of aryl methyl sites for hydroxylation is 1. The number of ether oxygens (including phenoxy) is 1. The normalized spacial score (nSPS) is 21.2. The van der Waals surface area contributed by atoms with Gasteiger partial charge in [-0.05, 0) is 6.42 Å². The van der Waals surface area contributed by atoms with Crippen molar-refractivity contribution < 1.29 is 27.3 Å². The molecule has 0 spiro atoms. The van der Waals surface area contributed by atoms with Gasteiger partial charge in [0.05, 0.1) is 24.6 Å². The van der Waals surface area contributed by atoms with Crippen molar-refractivity contribution in [3.05, 3.63) is 11.9 Å². The second-order valence-electron chi connectivity index (χ2n) is 4.76. The Morgan fingerprint density at radius 3 is 2.74 bits per heavy atom. The van der Waals surface area contributed by atoms with E-state index in [9.17, 15) is 22.6 Å². The van der Waals surface area contributed by atoms with Crippen molar-refractivity contribution in [2.45, 2.75) is 25.4 Å². The Bertz CT molecular complexity index is 703. The number of nitrogens with zero attached hydrogens (tertiary/aromatic N) is 4. The topological polar surface area (TPSA) is 132 Å². The SMILES string of the molecule is CCc1cn([C@@H]2C(=O)N(S(=O)(=O)O)[C@H]2CSCC(=O)OC)nn1. The highest BCUT2D eigenvalue weighted by Gasteiger charge is 2.54. The van der Waals surface area contributed by atoms with Crippen LogP contribution in [-0.2, 0) is 31.1 Å². The van der Waals surface area contributed by atoms with E-state index < -0.39 is 34.3 Å². The average molecular weight is 364 g/mol. The lowest BCUT2D eigenvalue weighted by Gasteiger charge is -2.43. The van der Waals surface area contributed by atoms with E-state index in [1.807, 2.05) is 6.92 Å². The van der Waals surface area contributed by atoms with Gasteiger partial charge in [0.2, 0.25) is 0 Å². The summed E-state index contributed by atoms with van der Waals surface area (Å²) in [6.45, 7) is 1.87. The maximum atomic E-state index is 12.1. The van der Waals surface area contributed by atoms with E-state index >= 15 is 0 Å². The van der Waals surface area contributed by atoms with Crippen LogP contribution in [0.3, 0.4) is 0 Å². The summed E-state index contributed by atoms with van der Waals surface area (Å²) in [6.07, 6.45) is 2.17. The molecule has 0 bridgehead atoms. The number of thioether (sulfide) groups is 1. The minimum atomic E-state index is -4.67. The van der Waals surface area contributed by atoms with E-state index in [1.54, 1.807) is 6.20 Å². The molecule has 1 aromatic rings. The van der Waals surface area contributed by atoms with Crippen molar-refractivity contribution >= 4 is 33.9 Å². The van der Waals surface area contributed by atoms with Gasteiger partial charge in [0, 0.05) is 11.9 Å². The van der Waals surface area contributed by atoms with Crippen LogP contribution in [0.1, 0.15) is 18.7 Å². The first-order valence-electron chi connectivity index (χ1n) is 6.65. The van der Waals surface area contributed by atoms with Gasteiger partial charge in [-0.25, -0.2) is 8.99 Å². The molecule has 2 atom stereocenters. The summed E-state index contributed by atoms with van der Waals surface area (Å²) in [5.41, 5.74) is 0.657. The smallest absolute Gasteiger partial charge is 0.362 e. The monoisotopic (exact) mass is 364 g/mol. The molecule has 10 nitrogen and oxygen atoms in total. The van der Waals surface area contributed by atoms with E-state index in [2.05, 4.69) is 15.0 Å². The number of esters is 1. The summed E-state index contributed by atoms with van der Waals surface area (Å²) in [6, 6.07) is -1.73. The van der Waals surface area contributed by atoms with E-state index in [4.69, 9.17) is 0 Å². The quantitative estimate of drug-likeness (QED) is 0.379. The van der Waals surface area contributed by atoms with E-state index in [1.165, 1.54) is 11.8 Å². The van der Waals surface area contributed by atoms with Crippen molar-refractivity contribution in [1.29, 1.82) is 0 Å². The van der Waals surface area contributed by atoms with Crippen LogP contribution in [0.25, 0.3) is 0 Å². The molecule has 1 amide bonds. The first-order valence-corrected chi connectivity index (χ1v) is 9.20. The van der Waals surface area contributed by atoms with Gasteiger partial charge >= 0.3 is 16.3 Å². The predicted octanol–water partition coefficient (Wildman–Crippen LogP) is -0.699. The highest BCUT2D eigenvalue weighted by Crippen LogP contribution is 2.35. The zero-order chi connectivity index (χ0) is 17.2. The van der Waals surface area contributed by atoms with Crippen LogP contribution in [0.5, 0.6) is 0 Å². The maximum Gasteiger partial charge on any atom is 0.362 e. The van der Waals surface area contributed by atoms with Crippen molar-refractivity contribution in [1.82, 2.24) is 19.3 Å². The highest BCUT2D eigenvalue weighted by atomic mass is 32.2. The summed E-state index contributed by atoms with van der Waals surface area (Å²) >= 11 is 1.10. The fourth-order valence-corrected chi connectivity index (χ4v) is 4.11. The minimum Gasteiger partial charge on any atom is -0.468 e. The molecule has 0 aromatic carbocycles. The third-order valence-corrected chi connectivity index (χ3v) is 5.29. The number of hydrogen-bond donors (Lipinski definition) is 1. The average Bonchev–Trinajstić information content (AvgIpc) is 2.92. The number of rotatable bonds is 7. The second-order valence-corrected chi connectivity index (χ2v) is 7.08. The zero-order valence-electron chi connectivity index (χ0n) is 12.4. The van der Waals surface area contributed by atoms with E-state index in [0.29, 0.717) is 16.4 Å². The third-order valence-electron chi connectivity index (χ3n) is 3.33. The molecule has 1 saturated heterocycles. The molecule has 12 heteroatoms. The molecule has 0 radical (unpaired) electrons. The molecule has 2 heterocycles. The molecule has 128 valence electrons. The molecule has 1 aliphatic heterocycles. The summed E-state index contributed by atoms with van der Waals surface area (Å²) in [5.74, 6) is -1.13. The Morgan fingerprint density at radius 2 is 2.22 bits per heavy atom. The van der Waals surface area contributed by atoms with Crippen LogP contribution in [0.15, 0.2) is 6.20 Å². The standard InChI is InChI=1S/C11H16N4O6S2/c1-3-7-4-14(13-12-7)10-8(5-22-6-9(16)21-2)15(11(10)17)23(18,19)20/h4,8,10H,3,5-6H2,1-2H3,(H,18,19,20)/t8-,10-/m0/s1. The number of amides is 1.